The Morgan fingerprint density at radius 1 is 0.892 bits per heavy atom. The highest BCUT2D eigenvalue weighted by molar-refractivity contribution is 5.94. The molecule has 37 heavy (non-hydrogen) atoms. The Labute approximate surface area is 214 Å². The zero-order valence-corrected chi connectivity index (χ0v) is 21.1. The maximum absolute atomic E-state index is 13.1. The van der Waals surface area contributed by atoms with Gasteiger partial charge < -0.3 is 36.9 Å². The van der Waals surface area contributed by atoms with Crippen LogP contribution in [0.15, 0.2) is 30.5 Å². The third kappa shape index (κ3) is 8.90. The van der Waals surface area contributed by atoms with E-state index in [1.165, 1.54) is 6.92 Å². The number of H-pyrrole nitrogens is 1. The number of hydrogen-bond donors (Lipinski definition) is 7. The lowest BCUT2D eigenvalue weighted by molar-refractivity contribution is -0.142. The number of rotatable bonds is 14. The summed E-state index contributed by atoms with van der Waals surface area (Å²) in [5.41, 5.74) is 7.09. The molecule has 4 atom stereocenters. The molecule has 8 N–H and O–H groups in total. The lowest BCUT2D eigenvalue weighted by Gasteiger charge is -2.25. The number of amides is 3. The van der Waals surface area contributed by atoms with Crippen LogP contribution in [0.3, 0.4) is 0 Å². The van der Waals surface area contributed by atoms with Gasteiger partial charge in [-0.05, 0) is 37.3 Å². The minimum atomic E-state index is -1.26. The van der Waals surface area contributed by atoms with Crippen molar-refractivity contribution >= 4 is 40.6 Å². The summed E-state index contributed by atoms with van der Waals surface area (Å²) in [5.74, 6) is -4.57. The van der Waals surface area contributed by atoms with Crippen molar-refractivity contribution in [3.05, 3.63) is 36.0 Å². The SMILES string of the molecule is CC(C)CC(NC(=O)C(CCC(=O)O)NC(=O)C(C)N)C(=O)NC(Cc1c[nH]c2ccccc12)C(=O)O. The number of nitrogens with one attached hydrogen (secondary N) is 4. The van der Waals surface area contributed by atoms with Crippen LogP contribution in [0.5, 0.6) is 0 Å². The van der Waals surface area contributed by atoms with Gasteiger partial charge in [-0.25, -0.2) is 4.79 Å². The molecule has 1 aromatic carbocycles. The van der Waals surface area contributed by atoms with Gasteiger partial charge in [-0.3, -0.25) is 19.2 Å². The van der Waals surface area contributed by atoms with Crippen molar-refractivity contribution in [3.63, 3.8) is 0 Å². The molecule has 0 spiro atoms. The average molecular weight is 518 g/mol. The van der Waals surface area contributed by atoms with Crippen LogP contribution in [0.2, 0.25) is 0 Å². The van der Waals surface area contributed by atoms with Crippen molar-refractivity contribution in [1.82, 2.24) is 20.9 Å². The van der Waals surface area contributed by atoms with E-state index >= 15 is 0 Å². The number of aromatic amines is 1. The van der Waals surface area contributed by atoms with Crippen LogP contribution >= 0.6 is 0 Å². The van der Waals surface area contributed by atoms with Crippen LogP contribution in [-0.4, -0.2) is 69.0 Å². The Morgan fingerprint density at radius 3 is 2.08 bits per heavy atom. The molecule has 0 radical (unpaired) electrons. The molecule has 0 aliphatic rings. The molecule has 0 bridgehead atoms. The number of aliphatic carboxylic acids is 2. The molecule has 12 nitrogen and oxygen atoms in total. The van der Waals surface area contributed by atoms with Gasteiger partial charge in [0.05, 0.1) is 6.04 Å². The van der Waals surface area contributed by atoms with Crippen LogP contribution in [0.4, 0.5) is 0 Å². The van der Waals surface area contributed by atoms with Crippen LogP contribution in [0.1, 0.15) is 45.6 Å². The number of carboxylic acids is 2. The molecule has 0 saturated carbocycles. The fraction of sp³-hybridized carbons (Fsp3) is 0.480. The van der Waals surface area contributed by atoms with E-state index in [2.05, 4.69) is 20.9 Å². The summed E-state index contributed by atoms with van der Waals surface area (Å²) in [6, 6.07) is 2.82. The van der Waals surface area contributed by atoms with E-state index in [-0.39, 0.29) is 25.2 Å². The number of benzene rings is 1. The second-order valence-electron chi connectivity index (χ2n) is 9.44. The lowest BCUT2D eigenvalue weighted by atomic mass is 10.0. The zero-order chi connectivity index (χ0) is 27.7. The summed E-state index contributed by atoms with van der Waals surface area (Å²) in [6.07, 6.45) is 1.27. The second kappa shape index (κ2) is 13.4. The Morgan fingerprint density at radius 2 is 1.49 bits per heavy atom. The van der Waals surface area contributed by atoms with Gasteiger partial charge in [-0.1, -0.05) is 32.0 Å². The lowest BCUT2D eigenvalue weighted by Crippen LogP contribution is -2.57. The number of nitrogens with two attached hydrogens (primary N) is 1. The first-order valence-electron chi connectivity index (χ1n) is 12.0. The molecule has 0 aliphatic carbocycles. The summed E-state index contributed by atoms with van der Waals surface area (Å²) < 4.78 is 0. The standard InChI is InChI=1S/C25H35N5O7/c1-13(2)10-19(29-23(34)18(8-9-21(31)32)28-22(33)14(3)26)24(35)30-20(25(36)37)11-15-12-27-17-7-5-4-6-16(15)17/h4-7,12-14,18-20,27H,8-11,26H2,1-3H3,(H,28,33)(H,29,34)(H,30,35)(H,31,32)(H,36,37). The van der Waals surface area contributed by atoms with Crippen LogP contribution in [0, 0.1) is 5.92 Å². The van der Waals surface area contributed by atoms with Gasteiger partial charge in [0, 0.05) is 29.9 Å². The van der Waals surface area contributed by atoms with Crippen molar-refractivity contribution in [2.45, 2.75) is 70.6 Å². The van der Waals surface area contributed by atoms with E-state index in [0.29, 0.717) is 5.56 Å². The predicted molar refractivity (Wildman–Crippen MR) is 135 cm³/mol. The molecule has 2 rings (SSSR count). The van der Waals surface area contributed by atoms with E-state index in [0.717, 1.165) is 10.9 Å². The highest BCUT2D eigenvalue weighted by Gasteiger charge is 2.31. The first-order valence-corrected chi connectivity index (χ1v) is 12.0. The number of hydrogen-bond acceptors (Lipinski definition) is 6. The van der Waals surface area contributed by atoms with Crippen LogP contribution in [-0.2, 0) is 30.4 Å². The molecule has 4 unspecified atom stereocenters. The fourth-order valence-electron chi connectivity index (χ4n) is 3.81. The number of carbonyl (C=O) groups excluding carboxylic acids is 3. The second-order valence-corrected chi connectivity index (χ2v) is 9.44. The summed E-state index contributed by atoms with van der Waals surface area (Å²) in [5, 5.41) is 27.1. The maximum Gasteiger partial charge on any atom is 0.326 e. The minimum absolute atomic E-state index is 0.0130. The van der Waals surface area contributed by atoms with Gasteiger partial charge in [0.2, 0.25) is 17.7 Å². The Hall–Kier alpha value is -3.93. The Kier molecular flexibility index (Phi) is 10.6. The molecule has 3 amide bonds. The summed E-state index contributed by atoms with van der Waals surface area (Å²) in [7, 11) is 0. The molecule has 202 valence electrons. The van der Waals surface area contributed by atoms with E-state index in [9.17, 15) is 29.1 Å². The van der Waals surface area contributed by atoms with Gasteiger partial charge >= 0.3 is 11.9 Å². The van der Waals surface area contributed by atoms with Gasteiger partial charge in [0.25, 0.3) is 0 Å². The average Bonchev–Trinajstić information content (AvgIpc) is 3.22. The third-order valence-corrected chi connectivity index (χ3v) is 5.75. The predicted octanol–water partition coefficient (Wildman–Crippen LogP) is 0.508. The van der Waals surface area contributed by atoms with E-state index in [1.54, 1.807) is 6.20 Å². The molecular formula is C25H35N5O7. The van der Waals surface area contributed by atoms with Crippen molar-refractivity contribution in [3.8, 4) is 0 Å². The maximum atomic E-state index is 13.1. The highest BCUT2D eigenvalue weighted by atomic mass is 16.4. The molecule has 12 heteroatoms. The normalized spacial score (nSPS) is 14.4. The summed E-state index contributed by atoms with van der Waals surface area (Å²) in [6.45, 7) is 5.07. The molecule has 1 heterocycles. The first-order chi connectivity index (χ1) is 17.4. The largest absolute Gasteiger partial charge is 0.481 e. The zero-order valence-electron chi connectivity index (χ0n) is 21.1. The van der Waals surface area contributed by atoms with E-state index in [4.69, 9.17) is 10.8 Å². The van der Waals surface area contributed by atoms with Gasteiger partial charge in [-0.2, -0.15) is 0 Å². The summed E-state index contributed by atoms with van der Waals surface area (Å²) in [4.78, 5) is 64.2. The topological polar surface area (TPSA) is 204 Å². The molecule has 1 aromatic heterocycles. The smallest absolute Gasteiger partial charge is 0.326 e. The van der Waals surface area contributed by atoms with Crippen LogP contribution < -0.4 is 21.7 Å². The Bertz CT molecular complexity index is 1130. The minimum Gasteiger partial charge on any atom is -0.481 e. The van der Waals surface area contributed by atoms with Gasteiger partial charge in [0.15, 0.2) is 0 Å². The molecule has 0 fully saturated rings. The van der Waals surface area contributed by atoms with Gasteiger partial charge in [-0.15, -0.1) is 0 Å². The fourth-order valence-corrected chi connectivity index (χ4v) is 3.81. The Balaban J connectivity index is 2.18. The quantitative estimate of drug-likeness (QED) is 0.188. The van der Waals surface area contributed by atoms with Gasteiger partial charge in [0.1, 0.15) is 18.1 Å². The number of aromatic nitrogens is 1. The molecule has 0 aliphatic heterocycles. The van der Waals surface area contributed by atoms with Crippen molar-refractivity contribution in [1.29, 1.82) is 0 Å². The third-order valence-electron chi connectivity index (χ3n) is 5.75. The first kappa shape index (κ1) is 29.3. The monoisotopic (exact) mass is 517 g/mol. The van der Waals surface area contributed by atoms with E-state index in [1.807, 2.05) is 38.1 Å². The van der Waals surface area contributed by atoms with Crippen LogP contribution in [0.25, 0.3) is 10.9 Å². The molecule has 2 aromatic rings. The number of fused-ring (bicyclic) bond motifs is 1. The highest BCUT2D eigenvalue weighted by Crippen LogP contribution is 2.19. The van der Waals surface area contributed by atoms with Crippen molar-refractivity contribution < 1.29 is 34.2 Å². The molecule has 0 saturated heterocycles. The molecular weight excluding hydrogens is 482 g/mol. The summed E-state index contributed by atoms with van der Waals surface area (Å²) >= 11 is 0. The van der Waals surface area contributed by atoms with Crippen molar-refractivity contribution in [2.75, 3.05) is 0 Å². The number of carboxylic acid groups (broad SMARTS) is 2. The van der Waals surface area contributed by atoms with E-state index < -0.39 is 60.2 Å². The number of para-hydroxylation sites is 1. The number of carbonyl (C=O) groups is 5. The van der Waals surface area contributed by atoms with Crippen molar-refractivity contribution in [2.24, 2.45) is 11.7 Å².